The molecule has 2 heterocycles. The van der Waals surface area contributed by atoms with Gasteiger partial charge in [0, 0.05) is 30.5 Å². The van der Waals surface area contributed by atoms with Crippen molar-refractivity contribution in [3.63, 3.8) is 0 Å². The first kappa shape index (κ1) is 17.6. The van der Waals surface area contributed by atoms with Gasteiger partial charge in [-0.25, -0.2) is 0 Å². The average Bonchev–Trinajstić information content (AvgIpc) is 2.65. The minimum Gasteiger partial charge on any atom is -0.266 e. The van der Waals surface area contributed by atoms with E-state index in [0.717, 1.165) is 18.0 Å². The van der Waals surface area contributed by atoms with Gasteiger partial charge in [0.15, 0.2) is 12.2 Å². The zero-order chi connectivity index (χ0) is 17.8. The van der Waals surface area contributed by atoms with Gasteiger partial charge in [-0.2, -0.15) is 4.57 Å². The van der Waals surface area contributed by atoms with Gasteiger partial charge < -0.3 is 0 Å². The smallest absolute Gasteiger partial charge is 0.213 e. The molecule has 0 saturated carbocycles. The van der Waals surface area contributed by atoms with Gasteiger partial charge in [-0.1, -0.05) is 45.0 Å². The number of hydrogen-bond acceptors (Lipinski definition) is 1. The molecule has 0 bridgehead atoms. The van der Waals surface area contributed by atoms with Crippen LogP contribution in [-0.4, -0.2) is 6.21 Å². The van der Waals surface area contributed by atoms with E-state index in [2.05, 4.69) is 78.6 Å². The van der Waals surface area contributed by atoms with Crippen molar-refractivity contribution < 1.29 is 4.57 Å². The zero-order valence-corrected chi connectivity index (χ0v) is 15.7. The number of pyridine rings is 1. The van der Waals surface area contributed by atoms with Crippen LogP contribution in [0.1, 0.15) is 57.6 Å². The second kappa shape index (κ2) is 7.77. The highest BCUT2D eigenvalue weighted by Gasteiger charge is 2.40. The highest BCUT2D eigenvalue weighted by Crippen LogP contribution is 2.43. The van der Waals surface area contributed by atoms with Gasteiger partial charge in [0.25, 0.3) is 0 Å². The summed E-state index contributed by atoms with van der Waals surface area (Å²) in [6, 6.07) is 15.6. The van der Waals surface area contributed by atoms with Crippen LogP contribution in [0.2, 0.25) is 0 Å². The van der Waals surface area contributed by atoms with Crippen LogP contribution in [0.25, 0.3) is 11.3 Å². The first-order valence-corrected chi connectivity index (χ1v) is 9.44. The molecule has 0 saturated heterocycles. The van der Waals surface area contributed by atoms with E-state index in [0.29, 0.717) is 6.04 Å². The number of hydrogen-bond donors (Lipinski definition) is 0. The Morgan fingerprint density at radius 2 is 2.00 bits per heavy atom. The van der Waals surface area contributed by atoms with E-state index in [9.17, 15) is 0 Å². The molecule has 0 aliphatic carbocycles. The third kappa shape index (κ3) is 3.44. The Balaban J connectivity index is 2.10. The van der Waals surface area contributed by atoms with E-state index in [1.807, 2.05) is 13.1 Å². The van der Waals surface area contributed by atoms with Crippen molar-refractivity contribution >= 4 is 6.21 Å². The number of fused-ring (bicyclic) bond motifs is 3. The van der Waals surface area contributed by atoms with Crippen molar-refractivity contribution in [2.45, 2.75) is 52.0 Å². The molecule has 25 heavy (non-hydrogen) atoms. The van der Waals surface area contributed by atoms with Crippen LogP contribution in [0.15, 0.2) is 65.9 Å². The van der Waals surface area contributed by atoms with Gasteiger partial charge in [0.05, 0.1) is 11.5 Å². The average molecular weight is 333 g/mol. The van der Waals surface area contributed by atoms with Crippen molar-refractivity contribution in [1.82, 2.24) is 0 Å². The highest BCUT2D eigenvalue weighted by atomic mass is 15.0. The van der Waals surface area contributed by atoms with Gasteiger partial charge in [-0.05, 0) is 37.0 Å². The first-order valence-electron chi connectivity index (χ1n) is 9.44. The van der Waals surface area contributed by atoms with E-state index in [1.165, 1.54) is 29.7 Å². The standard InChI is InChI=1S/C23H29N2/c1-5-17(3)14-15-22-23(18(4)24-6-2)20-12-8-7-11-19(20)21-13-9-10-16-25(21)22/h6-13,16-17,22-23H,4-5,14-15H2,1-3H3/q+1. The Kier molecular flexibility index (Phi) is 5.47. The Hall–Kier alpha value is -2.22. The Morgan fingerprint density at radius 1 is 1.24 bits per heavy atom. The number of aromatic nitrogens is 1. The molecule has 1 aromatic carbocycles. The van der Waals surface area contributed by atoms with Gasteiger partial charge in [0.2, 0.25) is 5.69 Å². The Labute approximate surface area is 151 Å². The van der Waals surface area contributed by atoms with E-state index < -0.39 is 0 Å². The van der Waals surface area contributed by atoms with Crippen LogP contribution < -0.4 is 4.57 Å². The Bertz CT molecular complexity index is 775. The van der Waals surface area contributed by atoms with Crippen molar-refractivity contribution in [2.75, 3.05) is 0 Å². The lowest BCUT2D eigenvalue weighted by atomic mass is 9.79. The fourth-order valence-corrected chi connectivity index (χ4v) is 3.96. The van der Waals surface area contributed by atoms with Crippen molar-refractivity contribution in [2.24, 2.45) is 10.9 Å². The van der Waals surface area contributed by atoms with Crippen LogP contribution in [0.5, 0.6) is 0 Å². The predicted octanol–water partition coefficient (Wildman–Crippen LogP) is 5.71. The monoisotopic (exact) mass is 333 g/mol. The molecule has 1 aliphatic rings. The number of benzene rings is 1. The van der Waals surface area contributed by atoms with Gasteiger partial charge in [-0.15, -0.1) is 0 Å². The molecule has 2 heteroatoms. The summed E-state index contributed by atoms with van der Waals surface area (Å²) in [5, 5.41) is 0. The largest absolute Gasteiger partial charge is 0.266 e. The fraction of sp³-hybridized carbons (Fsp3) is 0.391. The van der Waals surface area contributed by atoms with Crippen molar-refractivity contribution in [1.29, 1.82) is 0 Å². The molecule has 1 aromatic heterocycles. The van der Waals surface area contributed by atoms with E-state index in [-0.39, 0.29) is 5.92 Å². The molecule has 0 fully saturated rings. The maximum absolute atomic E-state index is 4.58. The van der Waals surface area contributed by atoms with Crippen LogP contribution in [0.3, 0.4) is 0 Å². The Morgan fingerprint density at radius 3 is 2.76 bits per heavy atom. The summed E-state index contributed by atoms with van der Waals surface area (Å²) in [4.78, 5) is 4.58. The summed E-state index contributed by atoms with van der Waals surface area (Å²) in [5.41, 5.74) is 4.93. The molecule has 2 aromatic rings. The third-order valence-corrected chi connectivity index (χ3v) is 5.51. The summed E-state index contributed by atoms with van der Waals surface area (Å²) in [6.45, 7) is 10.9. The van der Waals surface area contributed by atoms with Crippen molar-refractivity contribution in [3.8, 4) is 11.3 Å². The number of nitrogens with zero attached hydrogens (tertiary/aromatic N) is 2. The summed E-state index contributed by atoms with van der Waals surface area (Å²) < 4.78 is 2.45. The molecule has 3 rings (SSSR count). The predicted molar refractivity (Wildman–Crippen MR) is 106 cm³/mol. The lowest BCUT2D eigenvalue weighted by molar-refractivity contribution is -0.717. The van der Waals surface area contributed by atoms with Crippen LogP contribution in [0, 0.1) is 5.92 Å². The SMILES string of the molecule is C=C(N=CC)C1c2ccccc2-c2cccc[n+]2C1CCC(C)CC. The molecular formula is C23H29N2+. The highest BCUT2D eigenvalue weighted by molar-refractivity contribution is 5.65. The van der Waals surface area contributed by atoms with Gasteiger partial charge in [0.1, 0.15) is 0 Å². The molecule has 1 aliphatic heterocycles. The van der Waals surface area contributed by atoms with Crippen LogP contribution >= 0.6 is 0 Å². The third-order valence-electron chi connectivity index (χ3n) is 5.51. The summed E-state index contributed by atoms with van der Waals surface area (Å²) in [5.74, 6) is 0.977. The second-order valence-corrected chi connectivity index (χ2v) is 7.09. The summed E-state index contributed by atoms with van der Waals surface area (Å²) in [6.07, 6.45) is 7.69. The molecule has 0 spiro atoms. The number of aliphatic imine (C=N–C) groups is 1. The quantitative estimate of drug-likeness (QED) is 0.475. The summed E-state index contributed by atoms with van der Waals surface area (Å²) >= 11 is 0. The molecular weight excluding hydrogens is 304 g/mol. The van der Waals surface area contributed by atoms with Crippen LogP contribution in [0.4, 0.5) is 0 Å². The molecule has 3 atom stereocenters. The summed E-state index contributed by atoms with van der Waals surface area (Å²) in [7, 11) is 0. The second-order valence-electron chi connectivity index (χ2n) is 7.09. The molecule has 2 nitrogen and oxygen atoms in total. The first-order chi connectivity index (χ1) is 12.2. The lowest BCUT2D eigenvalue weighted by Gasteiger charge is -2.31. The van der Waals surface area contributed by atoms with Gasteiger partial charge in [-0.3, -0.25) is 4.99 Å². The van der Waals surface area contributed by atoms with E-state index in [1.54, 1.807) is 0 Å². The molecule has 0 N–H and O–H groups in total. The lowest BCUT2D eigenvalue weighted by Crippen LogP contribution is -2.47. The molecule has 0 radical (unpaired) electrons. The number of rotatable bonds is 6. The number of allylic oxidation sites excluding steroid dienone is 1. The molecule has 0 amide bonds. The fourth-order valence-electron chi connectivity index (χ4n) is 3.96. The minimum atomic E-state index is 0.233. The maximum atomic E-state index is 4.58. The van der Waals surface area contributed by atoms with Crippen LogP contribution in [-0.2, 0) is 0 Å². The molecule has 3 unspecified atom stereocenters. The van der Waals surface area contributed by atoms with Crippen molar-refractivity contribution in [3.05, 3.63) is 66.5 Å². The zero-order valence-electron chi connectivity index (χ0n) is 15.7. The topological polar surface area (TPSA) is 16.2 Å². The van der Waals surface area contributed by atoms with Gasteiger partial charge >= 0.3 is 0 Å². The van der Waals surface area contributed by atoms with E-state index in [4.69, 9.17) is 0 Å². The maximum Gasteiger partial charge on any atom is 0.213 e. The normalized spacial score (nSPS) is 20.1. The molecule has 130 valence electrons. The minimum absolute atomic E-state index is 0.233. The van der Waals surface area contributed by atoms with E-state index >= 15 is 0 Å².